The van der Waals surface area contributed by atoms with Gasteiger partial charge in [0.15, 0.2) is 19.7 Å². The Labute approximate surface area is 167 Å². The summed E-state index contributed by atoms with van der Waals surface area (Å²) in [6.07, 6.45) is 0.143. The van der Waals surface area contributed by atoms with Gasteiger partial charge in [-0.05, 0) is 42.7 Å². The summed E-state index contributed by atoms with van der Waals surface area (Å²) in [5.74, 6) is -2.88. The van der Waals surface area contributed by atoms with Gasteiger partial charge in [0.2, 0.25) is 0 Å². The zero-order valence-electron chi connectivity index (χ0n) is 15.3. The Kier molecular flexibility index (Phi) is 6.04. The second-order valence-corrected chi connectivity index (χ2v) is 11.3. The largest absolute Gasteiger partial charge is 0.352 e. The van der Waals surface area contributed by atoms with Gasteiger partial charge in [-0.15, -0.1) is 0 Å². The molecule has 1 aliphatic rings. The van der Waals surface area contributed by atoms with E-state index in [1.807, 2.05) is 0 Å². The van der Waals surface area contributed by atoms with Crippen LogP contribution in [0.25, 0.3) is 0 Å². The molecule has 1 heterocycles. The van der Waals surface area contributed by atoms with Crippen LogP contribution in [-0.4, -0.2) is 46.0 Å². The average Bonchev–Trinajstić information content (AvgIpc) is 3.04. The van der Waals surface area contributed by atoms with E-state index in [9.17, 15) is 30.4 Å². The van der Waals surface area contributed by atoms with Crippen molar-refractivity contribution in [1.82, 2.24) is 5.32 Å². The number of hydrogen-bond acceptors (Lipinski definition) is 5. The highest BCUT2D eigenvalue weighted by atomic mass is 32.2. The van der Waals surface area contributed by atoms with E-state index >= 15 is 0 Å². The molecule has 2 aromatic carbocycles. The minimum atomic E-state index is -4.03. The number of carbonyl (C=O) groups excluding carboxylic acids is 1. The third kappa shape index (κ3) is 4.81. The molecule has 3 rings (SSSR count). The Balaban J connectivity index is 1.75. The standard InChI is InChI=1S/C19H19F2NO5S2/c20-17-4-2-1-3-13(17)7-9-22-19(23)16-11-14(5-6-18(16)21)29(26,27)15-8-10-28(24,25)12-15/h1-6,11,15H,7-10,12H2,(H,22,23). The van der Waals surface area contributed by atoms with Crippen LogP contribution in [0, 0.1) is 11.6 Å². The molecule has 1 fully saturated rings. The molecule has 0 aromatic heterocycles. The van der Waals surface area contributed by atoms with Gasteiger partial charge in [0.25, 0.3) is 5.91 Å². The van der Waals surface area contributed by atoms with E-state index in [-0.39, 0.29) is 30.0 Å². The average molecular weight is 443 g/mol. The highest BCUT2D eigenvalue weighted by Gasteiger charge is 2.38. The van der Waals surface area contributed by atoms with E-state index in [0.717, 1.165) is 18.2 Å². The topological polar surface area (TPSA) is 97.4 Å². The van der Waals surface area contributed by atoms with Crippen molar-refractivity contribution < 1.29 is 30.4 Å². The number of hydrogen-bond donors (Lipinski definition) is 1. The maximum atomic E-state index is 14.1. The molecule has 1 amide bonds. The minimum Gasteiger partial charge on any atom is -0.352 e. The molecule has 156 valence electrons. The highest BCUT2D eigenvalue weighted by Crippen LogP contribution is 2.26. The molecule has 1 unspecified atom stereocenters. The molecule has 1 saturated heterocycles. The first kappa shape index (κ1) is 21.4. The molecule has 0 bridgehead atoms. The fourth-order valence-electron chi connectivity index (χ4n) is 3.16. The van der Waals surface area contributed by atoms with Crippen LogP contribution in [0.5, 0.6) is 0 Å². The van der Waals surface area contributed by atoms with Gasteiger partial charge in [-0.2, -0.15) is 0 Å². The molecular weight excluding hydrogens is 424 g/mol. The fraction of sp³-hybridized carbons (Fsp3) is 0.316. The third-order valence-electron chi connectivity index (χ3n) is 4.78. The molecule has 1 N–H and O–H groups in total. The Morgan fingerprint density at radius 2 is 1.83 bits per heavy atom. The molecule has 6 nitrogen and oxygen atoms in total. The van der Waals surface area contributed by atoms with E-state index in [1.54, 1.807) is 12.1 Å². The zero-order valence-corrected chi connectivity index (χ0v) is 16.9. The summed E-state index contributed by atoms with van der Waals surface area (Å²) in [5, 5.41) is 1.32. The molecule has 1 aliphatic heterocycles. The summed E-state index contributed by atoms with van der Waals surface area (Å²) in [7, 11) is -7.45. The molecule has 10 heteroatoms. The van der Waals surface area contributed by atoms with Crippen LogP contribution in [0.4, 0.5) is 8.78 Å². The SMILES string of the molecule is O=C(NCCc1ccccc1F)c1cc(S(=O)(=O)C2CCS(=O)(=O)C2)ccc1F. The van der Waals surface area contributed by atoms with Crippen LogP contribution in [0.3, 0.4) is 0 Å². The second-order valence-electron chi connectivity index (χ2n) is 6.81. The van der Waals surface area contributed by atoms with Crippen molar-refractivity contribution in [3.05, 3.63) is 65.2 Å². The van der Waals surface area contributed by atoms with E-state index in [4.69, 9.17) is 0 Å². The third-order valence-corrected chi connectivity index (χ3v) is 8.95. The number of halogens is 2. The first-order chi connectivity index (χ1) is 13.6. The number of sulfone groups is 2. The van der Waals surface area contributed by atoms with Crippen molar-refractivity contribution >= 4 is 25.6 Å². The number of amides is 1. The van der Waals surface area contributed by atoms with Crippen molar-refractivity contribution in [2.45, 2.75) is 23.0 Å². The predicted octanol–water partition coefficient (Wildman–Crippen LogP) is 1.90. The van der Waals surface area contributed by atoms with Gasteiger partial charge < -0.3 is 5.32 Å². The van der Waals surface area contributed by atoms with Gasteiger partial charge in [-0.25, -0.2) is 25.6 Å². The maximum Gasteiger partial charge on any atom is 0.254 e. The zero-order chi connectivity index (χ0) is 21.2. The van der Waals surface area contributed by atoms with Crippen LogP contribution >= 0.6 is 0 Å². The van der Waals surface area contributed by atoms with E-state index in [0.29, 0.717) is 5.56 Å². The Morgan fingerprint density at radius 3 is 2.48 bits per heavy atom. The summed E-state index contributed by atoms with van der Waals surface area (Å²) < 4.78 is 76.3. The smallest absolute Gasteiger partial charge is 0.254 e. The van der Waals surface area contributed by atoms with Crippen molar-refractivity contribution in [3.63, 3.8) is 0 Å². The summed E-state index contributed by atoms with van der Waals surface area (Å²) in [6, 6.07) is 8.83. The number of benzene rings is 2. The summed E-state index contributed by atoms with van der Waals surface area (Å²) >= 11 is 0. The van der Waals surface area contributed by atoms with Crippen molar-refractivity contribution in [2.24, 2.45) is 0 Å². The number of rotatable bonds is 6. The quantitative estimate of drug-likeness (QED) is 0.688. The van der Waals surface area contributed by atoms with Crippen LogP contribution < -0.4 is 5.32 Å². The molecule has 0 spiro atoms. The molecular formula is C19H19F2NO5S2. The Bertz CT molecular complexity index is 1150. The lowest BCUT2D eigenvalue weighted by atomic mass is 10.1. The van der Waals surface area contributed by atoms with Crippen molar-refractivity contribution in [1.29, 1.82) is 0 Å². The lowest BCUT2D eigenvalue weighted by molar-refractivity contribution is 0.0949. The van der Waals surface area contributed by atoms with E-state index in [1.165, 1.54) is 12.1 Å². The monoisotopic (exact) mass is 443 g/mol. The Morgan fingerprint density at radius 1 is 1.10 bits per heavy atom. The van der Waals surface area contributed by atoms with Gasteiger partial charge in [0.1, 0.15) is 11.6 Å². The molecule has 29 heavy (non-hydrogen) atoms. The summed E-state index contributed by atoms with van der Waals surface area (Å²) in [5.41, 5.74) is -0.0903. The van der Waals surface area contributed by atoms with Crippen LogP contribution in [0.15, 0.2) is 47.4 Å². The maximum absolute atomic E-state index is 14.1. The lowest BCUT2D eigenvalue weighted by Gasteiger charge is -2.12. The van der Waals surface area contributed by atoms with Crippen LogP contribution in [0.2, 0.25) is 0 Å². The van der Waals surface area contributed by atoms with Gasteiger partial charge in [-0.3, -0.25) is 4.79 Å². The first-order valence-corrected chi connectivity index (χ1v) is 12.2. The van der Waals surface area contributed by atoms with Gasteiger partial charge in [0, 0.05) is 6.54 Å². The lowest BCUT2D eigenvalue weighted by Crippen LogP contribution is -2.28. The molecule has 0 saturated carbocycles. The molecule has 0 aliphatic carbocycles. The summed E-state index contributed by atoms with van der Waals surface area (Å²) in [6.45, 7) is 0.0249. The summed E-state index contributed by atoms with van der Waals surface area (Å²) in [4.78, 5) is 12.0. The molecule has 0 radical (unpaired) electrons. The number of carbonyl (C=O) groups is 1. The number of nitrogens with one attached hydrogen (secondary N) is 1. The fourth-order valence-corrected chi connectivity index (χ4v) is 7.54. The van der Waals surface area contributed by atoms with E-state index < -0.39 is 53.8 Å². The van der Waals surface area contributed by atoms with Crippen molar-refractivity contribution in [3.8, 4) is 0 Å². The van der Waals surface area contributed by atoms with E-state index in [2.05, 4.69) is 5.32 Å². The second kappa shape index (κ2) is 8.19. The van der Waals surface area contributed by atoms with Gasteiger partial charge >= 0.3 is 0 Å². The first-order valence-electron chi connectivity index (χ1n) is 8.85. The molecule has 1 atom stereocenters. The molecule has 2 aromatic rings. The van der Waals surface area contributed by atoms with Crippen LogP contribution in [-0.2, 0) is 26.1 Å². The highest BCUT2D eigenvalue weighted by molar-refractivity contribution is 7.96. The van der Waals surface area contributed by atoms with Crippen molar-refractivity contribution in [2.75, 3.05) is 18.1 Å². The van der Waals surface area contributed by atoms with Gasteiger partial charge in [0.05, 0.1) is 27.2 Å². The Hall–Kier alpha value is -2.33. The van der Waals surface area contributed by atoms with Gasteiger partial charge in [-0.1, -0.05) is 18.2 Å². The normalized spacial score (nSPS) is 18.5. The minimum absolute atomic E-state index is 0.0249. The van der Waals surface area contributed by atoms with Crippen LogP contribution in [0.1, 0.15) is 22.3 Å². The predicted molar refractivity (Wildman–Crippen MR) is 103 cm³/mol.